The number of ether oxygens (including phenoxy) is 2. The van der Waals surface area contributed by atoms with Crippen molar-refractivity contribution in [2.75, 3.05) is 62.4 Å². The van der Waals surface area contributed by atoms with Crippen LogP contribution in [-0.4, -0.2) is 58.3 Å². The molecule has 4 rings (SSSR count). The van der Waals surface area contributed by atoms with Crippen molar-refractivity contribution >= 4 is 11.4 Å². The number of hydrogen-bond donors (Lipinski definition) is 0. The lowest BCUT2D eigenvalue weighted by atomic mass is 10.2. The zero-order chi connectivity index (χ0) is 15.9. The van der Waals surface area contributed by atoms with Gasteiger partial charge < -0.3 is 19.3 Å². The maximum absolute atomic E-state index is 5.48. The minimum Gasteiger partial charge on any atom is -0.378 e. The Morgan fingerprint density at radius 1 is 0.783 bits per heavy atom. The smallest absolute Gasteiger partial charge is 0.146 e. The van der Waals surface area contributed by atoms with E-state index < -0.39 is 0 Å². The van der Waals surface area contributed by atoms with E-state index in [1.54, 1.807) is 0 Å². The van der Waals surface area contributed by atoms with E-state index in [9.17, 15) is 0 Å². The fourth-order valence-corrected chi connectivity index (χ4v) is 3.47. The minimum atomic E-state index is -0.383. The van der Waals surface area contributed by atoms with Gasteiger partial charge in [-0.3, -0.25) is 9.98 Å². The zero-order valence-electron chi connectivity index (χ0n) is 13.9. The molecule has 0 aromatic heterocycles. The molecule has 0 atom stereocenters. The molecule has 0 amide bonds. The zero-order valence-corrected chi connectivity index (χ0v) is 13.9. The van der Waals surface area contributed by atoms with Crippen LogP contribution in [0.1, 0.15) is 13.8 Å². The molecule has 3 heterocycles. The summed E-state index contributed by atoms with van der Waals surface area (Å²) in [6, 6.07) is 4.41. The molecule has 0 N–H and O–H groups in total. The first-order valence-corrected chi connectivity index (χ1v) is 8.42. The molecule has 0 saturated carbocycles. The number of hydrogen-bond acceptors (Lipinski definition) is 6. The monoisotopic (exact) mass is 316 g/mol. The van der Waals surface area contributed by atoms with Gasteiger partial charge in [-0.15, -0.1) is 0 Å². The third kappa shape index (κ3) is 2.81. The van der Waals surface area contributed by atoms with Gasteiger partial charge in [-0.05, 0) is 26.0 Å². The first-order valence-electron chi connectivity index (χ1n) is 8.42. The fraction of sp³-hybridized carbons (Fsp3) is 0.647. The summed E-state index contributed by atoms with van der Waals surface area (Å²) in [5, 5.41) is 2.08. The second-order valence-corrected chi connectivity index (χ2v) is 6.72. The van der Waals surface area contributed by atoms with Crippen molar-refractivity contribution < 1.29 is 9.47 Å². The lowest BCUT2D eigenvalue weighted by Gasteiger charge is -2.31. The molecule has 0 aliphatic carbocycles. The first-order chi connectivity index (χ1) is 11.1. The van der Waals surface area contributed by atoms with Crippen LogP contribution in [0, 0.1) is 0 Å². The highest BCUT2D eigenvalue weighted by Crippen LogP contribution is 2.20. The van der Waals surface area contributed by atoms with E-state index in [2.05, 4.69) is 35.8 Å². The van der Waals surface area contributed by atoms with Crippen molar-refractivity contribution in [1.29, 1.82) is 0 Å². The number of morpholine rings is 2. The topological polar surface area (TPSA) is 49.7 Å². The van der Waals surface area contributed by atoms with Crippen LogP contribution in [-0.2, 0) is 9.47 Å². The van der Waals surface area contributed by atoms with Gasteiger partial charge in [-0.25, -0.2) is 0 Å². The molecular weight excluding hydrogens is 292 g/mol. The fourth-order valence-electron chi connectivity index (χ4n) is 3.47. The van der Waals surface area contributed by atoms with Gasteiger partial charge >= 0.3 is 0 Å². The molecule has 3 aliphatic rings. The van der Waals surface area contributed by atoms with Gasteiger partial charge in [0.1, 0.15) is 16.4 Å². The Labute approximate surface area is 136 Å². The molecule has 23 heavy (non-hydrogen) atoms. The summed E-state index contributed by atoms with van der Waals surface area (Å²) in [6.45, 7) is 10.9. The quantitative estimate of drug-likeness (QED) is 0.790. The Hall–Kier alpha value is -1.66. The van der Waals surface area contributed by atoms with Crippen LogP contribution in [0.15, 0.2) is 22.1 Å². The highest BCUT2D eigenvalue weighted by molar-refractivity contribution is 5.57. The third-order valence-electron chi connectivity index (χ3n) is 4.58. The molecule has 2 fully saturated rings. The second kappa shape index (κ2) is 5.76. The van der Waals surface area contributed by atoms with Crippen LogP contribution >= 0.6 is 0 Å². The summed E-state index contributed by atoms with van der Waals surface area (Å²) in [5.41, 5.74) is 2.00. The van der Waals surface area contributed by atoms with Crippen molar-refractivity contribution in [1.82, 2.24) is 0 Å². The molecular formula is C17H24N4O2. The van der Waals surface area contributed by atoms with Crippen LogP contribution in [0.25, 0.3) is 0 Å². The molecule has 2 saturated heterocycles. The summed E-state index contributed by atoms with van der Waals surface area (Å²) in [5.74, 6) is 0. The van der Waals surface area contributed by atoms with Crippen molar-refractivity contribution in [3.63, 3.8) is 0 Å². The summed E-state index contributed by atoms with van der Waals surface area (Å²) < 4.78 is 11.0. The van der Waals surface area contributed by atoms with E-state index in [4.69, 9.17) is 19.5 Å². The van der Waals surface area contributed by atoms with Gasteiger partial charge in [-0.1, -0.05) is 0 Å². The molecule has 6 nitrogen and oxygen atoms in total. The summed E-state index contributed by atoms with van der Waals surface area (Å²) in [7, 11) is 0. The number of nitrogens with zero attached hydrogens (tertiary/aromatic N) is 4. The van der Waals surface area contributed by atoms with E-state index in [1.165, 1.54) is 11.4 Å². The number of rotatable bonds is 2. The van der Waals surface area contributed by atoms with E-state index in [1.807, 2.05) is 0 Å². The van der Waals surface area contributed by atoms with Crippen LogP contribution in [0.4, 0.5) is 11.4 Å². The normalized spacial score (nSPS) is 23.2. The Bertz CT molecular complexity index is 645. The molecule has 1 aromatic carbocycles. The molecule has 124 valence electrons. The molecule has 0 spiro atoms. The summed E-state index contributed by atoms with van der Waals surface area (Å²) in [6.07, 6.45) is 0. The molecule has 0 bridgehead atoms. The van der Waals surface area contributed by atoms with Gasteiger partial charge in [0.2, 0.25) is 0 Å². The average molecular weight is 316 g/mol. The predicted octanol–water partition coefficient (Wildman–Crippen LogP) is 0.349. The first kappa shape index (κ1) is 14.9. The Balaban J connectivity index is 1.80. The highest BCUT2D eigenvalue weighted by Gasteiger charge is 2.26. The molecule has 3 aliphatic heterocycles. The molecule has 6 heteroatoms. The van der Waals surface area contributed by atoms with Crippen molar-refractivity contribution in [2.24, 2.45) is 9.98 Å². The number of anilines is 2. The Kier molecular flexibility index (Phi) is 3.73. The van der Waals surface area contributed by atoms with E-state index in [0.717, 1.165) is 63.3 Å². The second-order valence-electron chi connectivity index (χ2n) is 6.72. The average Bonchev–Trinajstić information content (AvgIpc) is 2.90. The predicted molar refractivity (Wildman–Crippen MR) is 88.9 cm³/mol. The number of fused-ring (bicyclic) bond motifs is 1. The molecule has 0 unspecified atom stereocenters. The Morgan fingerprint density at radius 3 is 1.57 bits per heavy atom. The highest BCUT2D eigenvalue weighted by atomic mass is 16.5. The van der Waals surface area contributed by atoms with Gasteiger partial charge in [0.25, 0.3) is 0 Å². The van der Waals surface area contributed by atoms with Crippen LogP contribution < -0.4 is 20.5 Å². The van der Waals surface area contributed by atoms with Crippen LogP contribution in [0.2, 0.25) is 0 Å². The van der Waals surface area contributed by atoms with Gasteiger partial charge in [0.05, 0.1) is 37.8 Å². The van der Waals surface area contributed by atoms with Crippen LogP contribution in [0.5, 0.6) is 0 Å². The van der Waals surface area contributed by atoms with Gasteiger partial charge in [0, 0.05) is 26.2 Å². The number of benzene rings is 1. The largest absolute Gasteiger partial charge is 0.378 e. The van der Waals surface area contributed by atoms with Crippen molar-refractivity contribution in [3.8, 4) is 0 Å². The lowest BCUT2D eigenvalue weighted by Crippen LogP contribution is -2.44. The van der Waals surface area contributed by atoms with Crippen molar-refractivity contribution in [3.05, 3.63) is 22.8 Å². The van der Waals surface area contributed by atoms with E-state index >= 15 is 0 Å². The van der Waals surface area contributed by atoms with Gasteiger partial charge in [-0.2, -0.15) is 0 Å². The van der Waals surface area contributed by atoms with Gasteiger partial charge in [0.15, 0.2) is 0 Å². The van der Waals surface area contributed by atoms with E-state index in [0.29, 0.717) is 0 Å². The lowest BCUT2D eigenvalue weighted by molar-refractivity contribution is 0.122. The third-order valence-corrected chi connectivity index (χ3v) is 4.58. The minimum absolute atomic E-state index is 0.383. The van der Waals surface area contributed by atoms with Crippen LogP contribution in [0.3, 0.4) is 0 Å². The summed E-state index contributed by atoms with van der Waals surface area (Å²) in [4.78, 5) is 14.5. The summed E-state index contributed by atoms with van der Waals surface area (Å²) >= 11 is 0. The molecule has 0 radical (unpaired) electrons. The van der Waals surface area contributed by atoms with Crippen molar-refractivity contribution in [2.45, 2.75) is 19.5 Å². The maximum Gasteiger partial charge on any atom is 0.146 e. The maximum atomic E-state index is 5.48. The Morgan fingerprint density at radius 2 is 1.17 bits per heavy atom. The SMILES string of the molecule is CC1(C)N=c2c(N3CCOCC3)ccc(N3CCOCC3)c2=N1. The standard InChI is InChI=1S/C17H24N4O2/c1-17(2)18-15-13(20-5-9-22-10-6-20)3-4-14(16(15)19-17)21-7-11-23-12-8-21/h3-4H,5-12H2,1-2H3. The molecule has 1 aromatic rings. The van der Waals surface area contributed by atoms with E-state index in [-0.39, 0.29) is 5.66 Å².